The normalized spacial score (nSPS) is 16.0. The van der Waals surface area contributed by atoms with Crippen molar-refractivity contribution >= 4 is 17.5 Å². The van der Waals surface area contributed by atoms with E-state index in [4.69, 9.17) is 14.5 Å². The number of allylic oxidation sites excluding steroid dienone is 1. The Bertz CT molecular complexity index is 992. The van der Waals surface area contributed by atoms with Gasteiger partial charge in [0.25, 0.3) is 0 Å². The zero-order chi connectivity index (χ0) is 26.2. The molecule has 2 aliphatic rings. The van der Waals surface area contributed by atoms with Crippen LogP contribution in [0, 0.1) is 11.8 Å². The van der Waals surface area contributed by atoms with E-state index in [1.54, 1.807) is 7.11 Å². The minimum Gasteiger partial charge on any atom is -0.497 e. The van der Waals surface area contributed by atoms with E-state index < -0.39 is 0 Å². The van der Waals surface area contributed by atoms with Gasteiger partial charge in [0.2, 0.25) is 5.95 Å². The van der Waals surface area contributed by atoms with Crippen LogP contribution in [0.3, 0.4) is 0 Å². The SMILES string of the molecule is COc1ccc(N(CCC(C)C)c2nc3c(n2CCCN2CCOCC2)N(CCC(C)C)C=CC3)cc1. The quantitative estimate of drug-likeness (QED) is 0.344. The molecule has 0 unspecified atom stereocenters. The van der Waals surface area contributed by atoms with Gasteiger partial charge in [0.05, 0.1) is 26.0 Å². The molecule has 204 valence electrons. The maximum absolute atomic E-state index is 5.56. The van der Waals surface area contributed by atoms with Gasteiger partial charge < -0.3 is 19.3 Å². The van der Waals surface area contributed by atoms with Gasteiger partial charge in [-0.3, -0.25) is 9.47 Å². The highest BCUT2D eigenvalue weighted by Crippen LogP contribution is 2.36. The molecule has 0 atom stereocenters. The standard InChI is InChI=1S/C30H47N5O2/c1-24(2)13-18-33-16-6-8-28-29(33)35(17-7-15-32-20-22-37-23-21-32)30(31-28)34(19-14-25(3)4)26-9-11-27(36-5)12-10-26/h6,9-12,16,24-25H,7-8,13-15,17-23H2,1-5H3. The van der Waals surface area contributed by atoms with Crippen molar-refractivity contribution in [2.45, 2.75) is 59.9 Å². The fourth-order valence-electron chi connectivity index (χ4n) is 5.06. The molecule has 0 aliphatic carbocycles. The fraction of sp³-hybridized carbons (Fsp3) is 0.633. The second-order valence-corrected chi connectivity index (χ2v) is 11.1. The van der Waals surface area contributed by atoms with Crippen molar-refractivity contribution in [3.63, 3.8) is 0 Å². The summed E-state index contributed by atoms with van der Waals surface area (Å²) in [6.45, 7) is 16.9. The molecule has 1 aromatic heterocycles. The summed E-state index contributed by atoms with van der Waals surface area (Å²) in [5, 5.41) is 0. The van der Waals surface area contributed by atoms with Gasteiger partial charge in [0.15, 0.2) is 0 Å². The monoisotopic (exact) mass is 509 g/mol. The number of benzene rings is 1. The molecule has 3 heterocycles. The third-order valence-corrected chi connectivity index (χ3v) is 7.32. The highest BCUT2D eigenvalue weighted by Gasteiger charge is 2.27. The molecule has 37 heavy (non-hydrogen) atoms. The Morgan fingerprint density at radius 1 is 0.973 bits per heavy atom. The van der Waals surface area contributed by atoms with Crippen LogP contribution < -0.4 is 14.5 Å². The lowest BCUT2D eigenvalue weighted by molar-refractivity contribution is 0.0369. The molecule has 1 fully saturated rings. The van der Waals surface area contributed by atoms with Gasteiger partial charge >= 0.3 is 0 Å². The molecule has 0 amide bonds. The van der Waals surface area contributed by atoms with Gasteiger partial charge in [0, 0.05) is 57.6 Å². The molecule has 1 aromatic carbocycles. The summed E-state index contributed by atoms with van der Waals surface area (Å²) in [5.74, 6) is 4.51. The van der Waals surface area contributed by atoms with Crippen molar-refractivity contribution in [3.8, 4) is 5.75 Å². The first-order valence-electron chi connectivity index (χ1n) is 14.2. The van der Waals surface area contributed by atoms with E-state index in [0.717, 1.165) is 89.9 Å². The molecule has 0 spiro atoms. The van der Waals surface area contributed by atoms with Gasteiger partial charge in [-0.2, -0.15) is 0 Å². The number of nitrogens with zero attached hydrogens (tertiary/aromatic N) is 5. The molecular weight excluding hydrogens is 462 g/mol. The Morgan fingerprint density at radius 2 is 1.70 bits per heavy atom. The van der Waals surface area contributed by atoms with Crippen LogP contribution in [0.5, 0.6) is 5.75 Å². The van der Waals surface area contributed by atoms with Gasteiger partial charge in [-0.25, -0.2) is 4.98 Å². The van der Waals surface area contributed by atoms with E-state index >= 15 is 0 Å². The lowest BCUT2D eigenvalue weighted by Crippen LogP contribution is -2.37. The van der Waals surface area contributed by atoms with Crippen LogP contribution in [0.1, 0.15) is 52.7 Å². The van der Waals surface area contributed by atoms with Crippen molar-refractivity contribution in [1.82, 2.24) is 14.5 Å². The molecule has 0 N–H and O–H groups in total. The second-order valence-electron chi connectivity index (χ2n) is 11.1. The van der Waals surface area contributed by atoms with Gasteiger partial charge in [-0.1, -0.05) is 33.8 Å². The van der Waals surface area contributed by atoms with Gasteiger partial charge in [-0.15, -0.1) is 0 Å². The first kappa shape index (κ1) is 27.5. The van der Waals surface area contributed by atoms with E-state index in [0.29, 0.717) is 11.8 Å². The zero-order valence-electron chi connectivity index (χ0n) is 23.7. The lowest BCUT2D eigenvalue weighted by Gasteiger charge is -2.30. The topological polar surface area (TPSA) is 46.0 Å². The van der Waals surface area contributed by atoms with Crippen LogP contribution in [0.2, 0.25) is 0 Å². The first-order valence-corrected chi connectivity index (χ1v) is 14.2. The van der Waals surface area contributed by atoms with Crippen LogP contribution in [-0.4, -0.2) is 67.5 Å². The summed E-state index contributed by atoms with van der Waals surface area (Å²) in [6.07, 6.45) is 8.79. The molecule has 2 aliphatic heterocycles. The Labute approximate surface area is 224 Å². The number of hydrogen-bond acceptors (Lipinski definition) is 6. The second kappa shape index (κ2) is 13.3. The predicted molar refractivity (Wildman–Crippen MR) is 153 cm³/mol. The zero-order valence-corrected chi connectivity index (χ0v) is 23.7. The third-order valence-electron chi connectivity index (χ3n) is 7.32. The minimum absolute atomic E-state index is 0.615. The molecule has 4 rings (SSSR count). The number of fused-ring (bicyclic) bond motifs is 1. The lowest BCUT2D eigenvalue weighted by atomic mass is 10.1. The van der Waals surface area contributed by atoms with Crippen molar-refractivity contribution < 1.29 is 9.47 Å². The summed E-state index contributed by atoms with van der Waals surface area (Å²) >= 11 is 0. The Balaban J connectivity index is 1.68. The van der Waals surface area contributed by atoms with Crippen molar-refractivity contribution in [1.29, 1.82) is 0 Å². The molecule has 0 saturated carbocycles. The number of rotatable bonds is 13. The van der Waals surface area contributed by atoms with Crippen LogP contribution >= 0.6 is 0 Å². The number of ether oxygens (including phenoxy) is 2. The minimum atomic E-state index is 0.615. The van der Waals surface area contributed by atoms with E-state index in [1.807, 2.05) is 0 Å². The number of anilines is 3. The molecule has 7 nitrogen and oxygen atoms in total. The molecule has 0 bridgehead atoms. The van der Waals surface area contributed by atoms with Crippen LogP contribution in [0.25, 0.3) is 0 Å². The number of aromatic nitrogens is 2. The van der Waals surface area contributed by atoms with Crippen molar-refractivity contribution in [2.75, 3.05) is 62.8 Å². The largest absolute Gasteiger partial charge is 0.497 e. The highest BCUT2D eigenvalue weighted by atomic mass is 16.5. The van der Waals surface area contributed by atoms with Crippen molar-refractivity contribution in [3.05, 3.63) is 42.2 Å². The Morgan fingerprint density at radius 3 is 2.38 bits per heavy atom. The van der Waals surface area contributed by atoms with E-state index in [9.17, 15) is 0 Å². The summed E-state index contributed by atoms with van der Waals surface area (Å²) in [4.78, 5) is 12.7. The average molecular weight is 510 g/mol. The summed E-state index contributed by atoms with van der Waals surface area (Å²) in [7, 11) is 1.72. The number of hydrogen-bond donors (Lipinski definition) is 0. The summed E-state index contributed by atoms with van der Waals surface area (Å²) in [5.41, 5.74) is 2.36. The smallest absolute Gasteiger partial charge is 0.211 e. The molecule has 7 heteroatoms. The van der Waals surface area contributed by atoms with Crippen LogP contribution in [-0.2, 0) is 17.7 Å². The Kier molecular flexibility index (Phi) is 9.92. The fourth-order valence-corrected chi connectivity index (χ4v) is 5.06. The summed E-state index contributed by atoms with van der Waals surface area (Å²) < 4.78 is 13.5. The molecule has 2 aromatic rings. The Hall–Kier alpha value is -2.51. The highest BCUT2D eigenvalue weighted by molar-refractivity contribution is 5.65. The predicted octanol–water partition coefficient (Wildman–Crippen LogP) is 5.72. The van der Waals surface area contributed by atoms with E-state index in [1.165, 1.54) is 17.2 Å². The molecular formula is C30H47N5O2. The number of imidazole rings is 1. The molecule has 0 radical (unpaired) electrons. The molecule has 1 saturated heterocycles. The average Bonchev–Trinajstić information content (AvgIpc) is 3.27. The van der Waals surface area contributed by atoms with Crippen LogP contribution in [0.15, 0.2) is 36.5 Å². The van der Waals surface area contributed by atoms with Gasteiger partial charge in [0.1, 0.15) is 11.6 Å². The third kappa shape index (κ3) is 7.29. The maximum atomic E-state index is 5.56. The maximum Gasteiger partial charge on any atom is 0.211 e. The van der Waals surface area contributed by atoms with E-state index in [-0.39, 0.29) is 0 Å². The van der Waals surface area contributed by atoms with Crippen LogP contribution in [0.4, 0.5) is 17.5 Å². The number of morpholine rings is 1. The first-order chi connectivity index (χ1) is 18.0. The van der Waals surface area contributed by atoms with Crippen molar-refractivity contribution in [2.24, 2.45) is 11.8 Å². The van der Waals surface area contributed by atoms with Gasteiger partial charge in [-0.05, 0) is 55.4 Å². The van der Waals surface area contributed by atoms with E-state index in [2.05, 4.69) is 83.5 Å². The summed E-state index contributed by atoms with van der Waals surface area (Å²) in [6, 6.07) is 8.44. The number of methoxy groups -OCH3 is 1.